The van der Waals surface area contributed by atoms with E-state index >= 15 is 0 Å². The van der Waals surface area contributed by atoms with Crippen molar-refractivity contribution in [2.75, 3.05) is 18.0 Å². The fourth-order valence-corrected chi connectivity index (χ4v) is 1.95. The van der Waals surface area contributed by atoms with Crippen LogP contribution in [0.2, 0.25) is 0 Å². The summed E-state index contributed by atoms with van der Waals surface area (Å²) in [6.07, 6.45) is 3.28. The van der Waals surface area contributed by atoms with Gasteiger partial charge in [-0.3, -0.25) is 0 Å². The van der Waals surface area contributed by atoms with E-state index in [-0.39, 0.29) is 0 Å². The van der Waals surface area contributed by atoms with Crippen molar-refractivity contribution in [3.8, 4) is 0 Å². The number of hydrogen-bond acceptors (Lipinski definition) is 3. The van der Waals surface area contributed by atoms with E-state index in [1.54, 1.807) is 6.07 Å². The number of rotatable bonds is 8. The SMILES string of the molecule is CCCCN(CCCC)c1cccc(C(O)O)c1. The summed E-state index contributed by atoms with van der Waals surface area (Å²) in [6.45, 7) is 6.43. The van der Waals surface area contributed by atoms with Gasteiger partial charge in [0.1, 0.15) is 0 Å². The van der Waals surface area contributed by atoms with Gasteiger partial charge in [-0.15, -0.1) is 0 Å². The van der Waals surface area contributed by atoms with Crippen molar-refractivity contribution in [2.24, 2.45) is 0 Å². The molecule has 0 saturated carbocycles. The summed E-state index contributed by atoms with van der Waals surface area (Å²) in [4.78, 5) is 2.33. The third-order valence-corrected chi connectivity index (χ3v) is 3.10. The largest absolute Gasteiger partial charge is 0.372 e. The zero-order chi connectivity index (χ0) is 13.4. The summed E-state index contributed by atoms with van der Waals surface area (Å²) in [7, 11) is 0. The minimum Gasteiger partial charge on any atom is -0.372 e. The summed E-state index contributed by atoms with van der Waals surface area (Å²) in [5.41, 5.74) is 1.65. The van der Waals surface area contributed by atoms with Gasteiger partial charge in [0, 0.05) is 24.3 Å². The van der Waals surface area contributed by atoms with Gasteiger partial charge in [0.2, 0.25) is 0 Å². The molecule has 3 heteroatoms. The smallest absolute Gasteiger partial charge is 0.178 e. The maximum absolute atomic E-state index is 9.22. The van der Waals surface area contributed by atoms with Crippen LogP contribution in [0, 0.1) is 0 Å². The number of unbranched alkanes of at least 4 members (excludes halogenated alkanes) is 2. The number of benzene rings is 1. The molecule has 18 heavy (non-hydrogen) atoms. The predicted octanol–water partition coefficient (Wildman–Crippen LogP) is 3.08. The zero-order valence-electron chi connectivity index (χ0n) is 11.5. The summed E-state index contributed by atoms with van der Waals surface area (Å²) in [6, 6.07) is 7.54. The van der Waals surface area contributed by atoms with Crippen molar-refractivity contribution in [3.63, 3.8) is 0 Å². The Morgan fingerprint density at radius 2 is 1.67 bits per heavy atom. The second kappa shape index (κ2) is 8.11. The Labute approximate surface area is 110 Å². The van der Waals surface area contributed by atoms with Crippen molar-refractivity contribution < 1.29 is 10.2 Å². The fourth-order valence-electron chi connectivity index (χ4n) is 1.95. The van der Waals surface area contributed by atoms with Crippen LogP contribution in [0.3, 0.4) is 0 Å². The maximum atomic E-state index is 9.22. The molecular weight excluding hydrogens is 226 g/mol. The van der Waals surface area contributed by atoms with Crippen LogP contribution in [0.4, 0.5) is 5.69 Å². The van der Waals surface area contributed by atoms with E-state index in [9.17, 15) is 10.2 Å². The summed E-state index contributed by atoms with van der Waals surface area (Å²) in [5.74, 6) is 0. The number of aliphatic hydroxyl groups is 2. The third kappa shape index (κ3) is 4.67. The van der Waals surface area contributed by atoms with Gasteiger partial charge < -0.3 is 15.1 Å². The van der Waals surface area contributed by atoms with E-state index in [2.05, 4.69) is 18.7 Å². The third-order valence-electron chi connectivity index (χ3n) is 3.10. The van der Waals surface area contributed by atoms with Gasteiger partial charge in [-0.1, -0.05) is 38.8 Å². The first-order valence-corrected chi connectivity index (χ1v) is 6.90. The molecule has 102 valence electrons. The van der Waals surface area contributed by atoms with Gasteiger partial charge in [0.15, 0.2) is 6.29 Å². The van der Waals surface area contributed by atoms with Crippen LogP contribution < -0.4 is 4.90 Å². The highest BCUT2D eigenvalue weighted by Crippen LogP contribution is 2.20. The van der Waals surface area contributed by atoms with Crippen LogP contribution in [0.15, 0.2) is 24.3 Å². The van der Waals surface area contributed by atoms with Crippen molar-refractivity contribution in [1.29, 1.82) is 0 Å². The van der Waals surface area contributed by atoms with Gasteiger partial charge in [0.05, 0.1) is 0 Å². The Bertz CT molecular complexity index is 331. The van der Waals surface area contributed by atoms with Crippen LogP contribution >= 0.6 is 0 Å². The minimum absolute atomic E-state index is 0.561. The molecule has 0 spiro atoms. The molecule has 0 heterocycles. The quantitative estimate of drug-likeness (QED) is 0.698. The molecule has 0 aliphatic carbocycles. The first-order valence-electron chi connectivity index (χ1n) is 6.90. The second-order valence-corrected chi connectivity index (χ2v) is 4.66. The lowest BCUT2D eigenvalue weighted by molar-refractivity contribution is -0.0424. The molecule has 0 aliphatic heterocycles. The minimum atomic E-state index is -1.39. The number of anilines is 1. The van der Waals surface area contributed by atoms with Crippen LogP contribution in [-0.2, 0) is 0 Å². The zero-order valence-corrected chi connectivity index (χ0v) is 11.5. The number of hydrogen-bond donors (Lipinski definition) is 2. The van der Waals surface area contributed by atoms with Crippen molar-refractivity contribution >= 4 is 5.69 Å². The van der Waals surface area contributed by atoms with E-state index in [4.69, 9.17) is 0 Å². The van der Waals surface area contributed by atoms with E-state index < -0.39 is 6.29 Å². The highest BCUT2D eigenvalue weighted by atomic mass is 16.5. The van der Waals surface area contributed by atoms with Gasteiger partial charge in [0.25, 0.3) is 0 Å². The lowest BCUT2D eigenvalue weighted by Gasteiger charge is -2.25. The molecule has 0 bridgehead atoms. The van der Waals surface area contributed by atoms with E-state index in [1.165, 1.54) is 12.8 Å². The lowest BCUT2D eigenvalue weighted by Crippen LogP contribution is -2.25. The average molecular weight is 251 g/mol. The van der Waals surface area contributed by atoms with Crippen molar-refractivity contribution in [3.05, 3.63) is 29.8 Å². The van der Waals surface area contributed by atoms with E-state index in [0.29, 0.717) is 5.56 Å². The first kappa shape index (κ1) is 15.0. The standard InChI is InChI=1S/C15H25NO2/c1-3-5-10-16(11-6-4-2)14-9-7-8-13(12-14)15(17)18/h7-9,12,15,17-18H,3-6,10-11H2,1-2H3. The van der Waals surface area contributed by atoms with Crippen LogP contribution in [0.1, 0.15) is 51.4 Å². The Hall–Kier alpha value is -1.06. The first-order chi connectivity index (χ1) is 8.69. The second-order valence-electron chi connectivity index (χ2n) is 4.66. The Morgan fingerprint density at radius 3 is 2.17 bits per heavy atom. The molecule has 3 nitrogen and oxygen atoms in total. The summed E-state index contributed by atoms with van der Waals surface area (Å²) in [5, 5.41) is 18.4. The van der Waals surface area contributed by atoms with Crippen molar-refractivity contribution in [1.82, 2.24) is 0 Å². The molecule has 0 amide bonds. The maximum Gasteiger partial charge on any atom is 0.178 e. The Kier molecular flexibility index (Phi) is 6.76. The van der Waals surface area contributed by atoms with Gasteiger partial charge >= 0.3 is 0 Å². The highest BCUT2D eigenvalue weighted by molar-refractivity contribution is 5.48. The molecule has 2 N–H and O–H groups in total. The molecule has 1 aromatic carbocycles. The molecule has 1 aromatic rings. The normalized spacial score (nSPS) is 10.9. The topological polar surface area (TPSA) is 43.7 Å². The summed E-state index contributed by atoms with van der Waals surface area (Å²) >= 11 is 0. The molecule has 0 saturated heterocycles. The van der Waals surface area contributed by atoms with Gasteiger partial charge in [-0.05, 0) is 25.0 Å². The molecular formula is C15H25NO2. The van der Waals surface area contributed by atoms with Crippen LogP contribution in [-0.4, -0.2) is 23.3 Å². The average Bonchev–Trinajstić information content (AvgIpc) is 2.39. The monoisotopic (exact) mass is 251 g/mol. The van der Waals surface area contributed by atoms with Gasteiger partial charge in [-0.25, -0.2) is 0 Å². The molecule has 0 radical (unpaired) electrons. The molecule has 0 unspecified atom stereocenters. The fraction of sp³-hybridized carbons (Fsp3) is 0.600. The number of nitrogens with zero attached hydrogens (tertiary/aromatic N) is 1. The highest BCUT2D eigenvalue weighted by Gasteiger charge is 2.08. The molecule has 1 rings (SSSR count). The lowest BCUT2D eigenvalue weighted by atomic mass is 10.1. The number of aliphatic hydroxyl groups excluding tert-OH is 1. The Morgan fingerprint density at radius 1 is 1.06 bits per heavy atom. The van der Waals surface area contributed by atoms with E-state index in [1.807, 2.05) is 18.2 Å². The summed E-state index contributed by atoms with van der Waals surface area (Å²) < 4.78 is 0. The predicted molar refractivity (Wildman–Crippen MR) is 75.6 cm³/mol. The van der Waals surface area contributed by atoms with Crippen LogP contribution in [0.5, 0.6) is 0 Å². The van der Waals surface area contributed by atoms with E-state index in [0.717, 1.165) is 31.6 Å². The molecule has 0 fully saturated rings. The Balaban J connectivity index is 2.78. The molecule has 0 atom stereocenters. The molecule has 0 aliphatic rings. The van der Waals surface area contributed by atoms with Gasteiger partial charge in [-0.2, -0.15) is 0 Å². The molecule has 0 aromatic heterocycles. The van der Waals surface area contributed by atoms with Crippen molar-refractivity contribution in [2.45, 2.75) is 45.8 Å². The van der Waals surface area contributed by atoms with Crippen LogP contribution in [0.25, 0.3) is 0 Å².